The number of aryl methyl sites for hydroxylation is 2. The van der Waals surface area contributed by atoms with E-state index >= 15 is 0 Å². The van der Waals surface area contributed by atoms with Crippen LogP contribution in [0.2, 0.25) is 0 Å². The van der Waals surface area contributed by atoms with Crippen molar-refractivity contribution in [2.24, 2.45) is 0 Å². The second-order valence-corrected chi connectivity index (χ2v) is 7.70. The van der Waals surface area contributed by atoms with Gasteiger partial charge in [-0.15, -0.1) is 11.3 Å². The molecule has 4 rings (SSSR count). The molecule has 4 heterocycles. The molecule has 0 spiro atoms. The van der Waals surface area contributed by atoms with Crippen molar-refractivity contribution in [2.75, 3.05) is 13.1 Å². The van der Waals surface area contributed by atoms with E-state index in [9.17, 15) is 4.79 Å². The minimum Gasteiger partial charge on any atom is -0.337 e. The minimum atomic E-state index is 0.0960. The molecule has 0 aliphatic carbocycles. The number of nitrogens with zero attached hydrogens (tertiary/aromatic N) is 5. The Labute approximate surface area is 162 Å². The smallest absolute Gasteiger partial charge is 0.265 e. The van der Waals surface area contributed by atoms with Gasteiger partial charge in [0.1, 0.15) is 16.5 Å². The van der Waals surface area contributed by atoms with Crippen LogP contribution in [0.4, 0.5) is 0 Å². The average Bonchev–Trinajstić information content (AvgIpc) is 3.36. The minimum absolute atomic E-state index is 0.0960. The highest BCUT2D eigenvalue weighted by Crippen LogP contribution is 2.28. The number of carbonyl (C=O) groups is 1. The molecule has 3 aromatic rings. The number of pyridine rings is 1. The van der Waals surface area contributed by atoms with Gasteiger partial charge in [0, 0.05) is 43.5 Å². The lowest BCUT2D eigenvalue weighted by atomic mass is 9.94. The second-order valence-electron chi connectivity index (χ2n) is 6.84. The maximum atomic E-state index is 12.9. The van der Waals surface area contributed by atoms with Gasteiger partial charge < -0.3 is 4.90 Å². The molecule has 6 nitrogen and oxygen atoms in total. The molecule has 1 saturated heterocycles. The lowest BCUT2D eigenvalue weighted by molar-refractivity contribution is 0.0710. The Hall–Kier alpha value is -2.54. The summed E-state index contributed by atoms with van der Waals surface area (Å²) in [6, 6.07) is 6.13. The van der Waals surface area contributed by atoms with Gasteiger partial charge in [-0.25, -0.2) is 15.0 Å². The van der Waals surface area contributed by atoms with Crippen molar-refractivity contribution in [1.29, 1.82) is 0 Å². The van der Waals surface area contributed by atoms with Gasteiger partial charge in [0.15, 0.2) is 0 Å². The highest BCUT2D eigenvalue weighted by atomic mass is 32.1. The molecule has 0 aromatic carbocycles. The molecule has 1 fully saturated rings. The molecule has 27 heavy (non-hydrogen) atoms. The van der Waals surface area contributed by atoms with Crippen molar-refractivity contribution in [3.63, 3.8) is 0 Å². The normalized spacial score (nSPS) is 17.3. The number of hydrogen-bond acceptors (Lipinski definition) is 5. The lowest BCUT2D eigenvalue weighted by Gasteiger charge is -2.32. The number of likely N-dealkylation sites (tertiary alicyclic amines) is 1. The number of amides is 1. The third kappa shape index (κ3) is 3.51. The number of piperidine rings is 1. The monoisotopic (exact) mass is 381 g/mol. The summed E-state index contributed by atoms with van der Waals surface area (Å²) in [5.74, 6) is 2.24. The van der Waals surface area contributed by atoms with Crippen LogP contribution >= 0.6 is 11.3 Å². The van der Waals surface area contributed by atoms with E-state index in [0.29, 0.717) is 6.54 Å². The van der Waals surface area contributed by atoms with Crippen LogP contribution in [0, 0.1) is 6.92 Å². The van der Waals surface area contributed by atoms with E-state index in [1.807, 2.05) is 40.9 Å². The van der Waals surface area contributed by atoms with Crippen molar-refractivity contribution < 1.29 is 4.79 Å². The van der Waals surface area contributed by atoms with Gasteiger partial charge in [-0.2, -0.15) is 0 Å². The van der Waals surface area contributed by atoms with Gasteiger partial charge in [-0.05, 0) is 31.9 Å². The fraction of sp³-hybridized carbons (Fsp3) is 0.400. The van der Waals surface area contributed by atoms with E-state index in [-0.39, 0.29) is 11.8 Å². The Morgan fingerprint density at radius 1 is 1.33 bits per heavy atom. The van der Waals surface area contributed by atoms with Crippen LogP contribution in [-0.2, 0) is 6.42 Å². The molecule has 140 valence electrons. The molecular weight excluding hydrogens is 358 g/mol. The first-order valence-corrected chi connectivity index (χ1v) is 10.2. The number of rotatable bonds is 4. The summed E-state index contributed by atoms with van der Waals surface area (Å²) in [6.07, 6.45) is 6.66. The Morgan fingerprint density at radius 2 is 2.22 bits per heavy atom. The molecule has 0 radical (unpaired) electrons. The molecule has 7 heteroatoms. The van der Waals surface area contributed by atoms with Gasteiger partial charge >= 0.3 is 0 Å². The summed E-state index contributed by atoms with van der Waals surface area (Å²) in [5.41, 5.74) is 3.60. The highest BCUT2D eigenvalue weighted by Gasteiger charge is 2.28. The van der Waals surface area contributed by atoms with Gasteiger partial charge in [-0.3, -0.25) is 9.36 Å². The second kappa shape index (κ2) is 7.60. The first-order valence-electron chi connectivity index (χ1n) is 9.36. The zero-order valence-electron chi connectivity index (χ0n) is 15.6. The predicted octanol–water partition coefficient (Wildman–Crippen LogP) is 3.61. The molecule has 1 aliphatic heterocycles. The Kier molecular flexibility index (Phi) is 5.03. The molecule has 0 unspecified atom stereocenters. The van der Waals surface area contributed by atoms with E-state index in [4.69, 9.17) is 4.98 Å². The standard InChI is InChI=1S/C20H23N5OS/c1-3-17-21-9-11-25(17)18-8-4-7-16(23-18)15-6-5-10-24(12-15)20(26)19-14(2)22-13-27-19/h4,7-9,11,13,15H,3,5-6,10,12H2,1-2H3/t15-/m1/s1. The van der Waals surface area contributed by atoms with Crippen LogP contribution < -0.4 is 0 Å². The zero-order valence-corrected chi connectivity index (χ0v) is 16.4. The van der Waals surface area contributed by atoms with Gasteiger partial charge in [0.25, 0.3) is 5.91 Å². The first-order chi connectivity index (χ1) is 13.2. The van der Waals surface area contributed by atoms with E-state index in [1.165, 1.54) is 11.3 Å². The van der Waals surface area contributed by atoms with Crippen molar-refractivity contribution in [1.82, 2.24) is 24.4 Å². The molecule has 3 aromatic heterocycles. The highest BCUT2D eigenvalue weighted by molar-refractivity contribution is 7.11. The molecular formula is C20H23N5OS. The van der Waals surface area contributed by atoms with Crippen molar-refractivity contribution in [3.8, 4) is 5.82 Å². The average molecular weight is 382 g/mol. The van der Waals surface area contributed by atoms with Crippen LogP contribution in [0.5, 0.6) is 0 Å². The summed E-state index contributed by atoms with van der Waals surface area (Å²) in [6.45, 7) is 5.49. The van der Waals surface area contributed by atoms with Crippen LogP contribution in [0.15, 0.2) is 36.1 Å². The van der Waals surface area contributed by atoms with Gasteiger partial charge in [0.2, 0.25) is 0 Å². The maximum absolute atomic E-state index is 12.9. The van der Waals surface area contributed by atoms with Crippen LogP contribution in [0.3, 0.4) is 0 Å². The fourth-order valence-corrected chi connectivity index (χ4v) is 4.43. The first kappa shape index (κ1) is 17.9. The van der Waals surface area contributed by atoms with Gasteiger partial charge in [-0.1, -0.05) is 13.0 Å². The zero-order chi connectivity index (χ0) is 18.8. The summed E-state index contributed by atoms with van der Waals surface area (Å²) >= 11 is 1.42. The summed E-state index contributed by atoms with van der Waals surface area (Å²) in [7, 11) is 0. The number of imidazole rings is 1. The lowest BCUT2D eigenvalue weighted by Crippen LogP contribution is -2.39. The van der Waals surface area contributed by atoms with Crippen LogP contribution in [0.25, 0.3) is 5.82 Å². The van der Waals surface area contributed by atoms with Crippen molar-refractivity contribution in [2.45, 2.75) is 39.0 Å². The topological polar surface area (TPSA) is 63.9 Å². The van der Waals surface area contributed by atoms with Crippen molar-refractivity contribution >= 4 is 17.2 Å². The molecule has 1 amide bonds. The van der Waals surface area contributed by atoms with E-state index in [2.05, 4.69) is 23.0 Å². The SMILES string of the molecule is CCc1nccn1-c1cccc([C@@H]2CCCN(C(=O)c3scnc3C)C2)n1. The summed E-state index contributed by atoms with van der Waals surface area (Å²) in [4.78, 5) is 29.1. The third-order valence-corrected chi connectivity index (χ3v) is 6.02. The molecule has 0 saturated carbocycles. The van der Waals surface area contributed by atoms with E-state index in [0.717, 1.165) is 53.7 Å². The molecule has 1 atom stereocenters. The fourth-order valence-electron chi connectivity index (χ4n) is 3.66. The molecule has 0 N–H and O–H groups in total. The Bertz CT molecular complexity index is 947. The number of aromatic nitrogens is 4. The quantitative estimate of drug-likeness (QED) is 0.692. The molecule has 1 aliphatic rings. The van der Waals surface area contributed by atoms with Crippen molar-refractivity contribution in [3.05, 3.63) is 58.2 Å². The van der Waals surface area contributed by atoms with E-state index < -0.39 is 0 Å². The van der Waals surface area contributed by atoms with Crippen LogP contribution in [0.1, 0.15) is 52.6 Å². The van der Waals surface area contributed by atoms with Crippen LogP contribution in [-0.4, -0.2) is 43.4 Å². The largest absolute Gasteiger partial charge is 0.337 e. The van der Waals surface area contributed by atoms with Gasteiger partial charge in [0.05, 0.1) is 11.2 Å². The number of thiazole rings is 1. The summed E-state index contributed by atoms with van der Waals surface area (Å²) < 4.78 is 2.04. The number of carbonyl (C=O) groups excluding carboxylic acids is 1. The number of hydrogen-bond donors (Lipinski definition) is 0. The molecule has 0 bridgehead atoms. The Balaban J connectivity index is 1.56. The third-order valence-electron chi connectivity index (χ3n) is 5.10. The summed E-state index contributed by atoms with van der Waals surface area (Å²) in [5, 5.41) is 0. The maximum Gasteiger partial charge on any atom is 0.265 e. The predicted molar refractivity (Wildman–Crippen MR) is 105 cm³/mol. The Morgan fingerprint density at radius 3 is 3.00 bits per heavy atom. The van der Waals surface area contributed by atoms with E-state index in [1.54, 1.807) is 5.51 Å².